The fourth-order valence-electron chi connectivity index (χ4n) is 2.64. The molecule has 0 amide bonds. The summed E-state index contributed by atoms with van der Waals surface area (Å²) < 4.78 is 0. The van der Waals surface area contributed by atoms with Gasteiger partial charge in [0.15, 0.2) is 0 Å². The Morgan fingerprint density at radius 1 is 0.880 bits per heavy atom. The van der Waals surface area contributed by atoms with Crippen molar-refractivity contribution in [3.63, 3.8) is 0 Å². The monoisotopic (exact) mass is 335 g/mol. The third-order valence-electron chi connectivity index (χ3n) is 4.03. The van der Waals surface area contributed by atoms with Crippen LogP contribution in [-0.4, -0.2) is 26.8 Å². The second-order valence-corrected chi connectivity index (χ2v) is 5.82. The first kappa shape index (κ1) is 16.5. The maximum absolute atomic E-state index is 12.2. The summed E-state index contributed by atoms with van der Waals surface area (Å²) in [4.78, 5) is 16.6. The first-order valence-corrected chi connectivity index (χ1v) is 7.75. The summed E-state index contributed by atoms with van der Waals surface area (Å²) in [5, 5.41) is 28.9. The molecular formula is C20H17NO4. The van der Waals surface area contributed by atoms with Gasteiger partial charge in [-0.2, -0.15) is 0 Å². The first-order chi connectivity index (χ1) is 11.9. The number of carbonyl (C=O) groups is 1. The second-order valence-electron chi connectivity index (χ2n) is 5.82. The van der Waals surface area contributed by atoms with Gasteiger partial charge in [0.2, 0.25) is 5.78 Å². The molecule has 25 heavy (non-hydrogen) atoms. The number of phenolic OH excluding ortho intramolecular Hbond substituents is 2. The minimum absolute atomic E-state index is 0.0692. The number of aliphatic hydroxyl groups is 1. The van der Waals surface area contributed by atoms with E-state index < -0.39 is 0 Å². The summed E-state index contributed by atoms with van der Waals surface area (Å²) in [7, 11) is 0. The van der Waals surface area contributed by atoms with Gasteiger partial charge < -0.3 is 15.3 Å². The quantitative estimate of drug-likeness (QED) is 0.745. The van der Waals surface area contributed by atoms with Gasteiger partial charge in [0.1, 0.15) is 23.0 Å². The lowest BCUT2D eigenvalue weighted by Gasteiger charge is -2.17. The van der Waals surface area contributed by atoms with Crippen molar-refractivity contribution < 1.29 is 20.1 Å². The number of phenols is 2. The van der Waals surface area contributed by atoms with Gasteiger partial charge in [-0.05, 0) is 54.5 Å². The molecule has 0 atom stereocenters. The summed E-state index contributed by atoms with van der Waals surface area (Å²) in [6.07, 6.45) is 1.58. The van der Waals surface area contributed by atoms with Crippen LogP contribution in [0.15, 0.2) is 76.5 Å². The molecule has 1 aliphatic carbocycles. The molecular weight excluding hydrogens is 318 g/mol. The molecule has 0 heterocycles. The first-order valence-electron chi connectivity index (χ1n) is 7.75. The number of hydrogen-bond acceptors (Lipinski definition) is 5. The minimum atomic E-state index is -0.363. The molecule has 126 valence electrons. The van der Waals surface area contributed by atoms with E-state index in [1.165, 1.54) is 18.2 Å². The second kappa shape index (κ2) is 6.65. The molecule has 2 aromatic rings. The van der Waals surface area contributed by atoms with Crippen molar-refractivity contribution in [3.05, 3.63) is 77.1 Å². The molecule has 5 nitrogen and oxygen atoms in total. The van der Waals surface area contributed by atoms with E-state index in [4.69, 9.17) is 0 Å². The molecule has 3 rings (SSSR count). The highest BCUT2D eigenvalue weighted by atomic mass is 16.3. The Hall–Kier alpha value is -3.34. The highest BCUT2D eigenvalue weighted by molar-refractivity contribution is 6.51. The van der Waals surface area contributed by atoms with Crippen molar-refractivity contribution >= 4 is 17.2 Å². The summed E-state index contributed by atoms with van der Waals surface area (Å²) in [5.74, 6) is -0.142. The van der Waals surface area contributed by atoms with Crippen molar-refractivity contribution in [2.24, 2.45) is 4.99 Å². The number of aliphatic hydroxyl groups excluding tert-OH is 1. The Morgan fingerprint density at radius 3 is 2.04 bits per heavy atom. The molecule has 0 unspecified atom stereocenters. The van der Waals surface area contributed by atoms with E-state index in [0.29, 0.717) is 23.3 Å². The predicted octanol–water partition coefficient (Wildman–Crippen LogP) is 3.75. The Bertz CT molecular complexity index is 904. The van der Waals surface area contributed by atoms with Crippen LogP contribution in [0.2, 0.25) is 0 Å². The zero-order valence-corrected chi connectivity index (χ0v) is 13.6. The number of rotatable bonds is 3. The number of aromatic hydroxyl groups is 2. The van der Waals surface area contributed by atoms with Gasteiger partial charge in [-0.3, -0.25) is 4.79 Å². The average Bonchev–Trinajstić information content (AvgIpc) is 2.59. The molecule has 3 N–H and O–H groups in total. The van der Waals surface area contributed by atoms with Crippen LogP contribution >= 0.6 is 0 Å². The molecule has 0 aromatic heterocycles. The number of carbonyl (C=O) groups excluding carboxylic acids is 1. The van der Waals surface area contributed by atoms with Crippen LogP contribution in [0.3, 0.4) is 0 Å². The molecule has 1 aliphatic rings. The van der Waals surface area contributed by atoms with Crippen molar-refractivity contribution in [3.8, 4) is 11.5 Å². The zero-order chi connectivity index (χ0) is 18.0. The Morgan fingerprint density at radius 2 is 1.44 bits per heavy atom. The summed E-state index contributed by atoms with van der Waals surface area (Å²) >= 11 is 0. The number of ketones is 1. The van der Waals surface area contributed by atoms with Gasteiger partial charge in [-0.25, -0.2) is 4.99 Å². The Labute approximate surface area is 144 Å². The van der Waals surface area contributed by atoms with Crippen molar-refractivity contribution in [2.45, 2.75) is 13.3 Å². The number of nitrogens with zero attached hydrogens (tertiary/aromatic N) is 1. The third kappa shape index (κ3) is 3.61. The molecule has 0 saturated heterocycles. The maximum atomic E-state index is 12.2. The van der Waals surface area contributed by atoms with E-state index in [2.05, 4.69) is 4.99 Å². The van der Waals surface area contributed by atoms with Gasteiger partial charge >= 0.3 is 0 Å². The molecule has 0 spiro atoms. The average molecular weight is 335 g/mol. The van der Waals surface area contributed by atoms with Gasteiger partial charge in [0.05, 0.1) is 5.69 Å². The summed E-state index contributed by atoms with van der Waals surface area (Å²) in [6, 6.07) is 12.9. The standard InChI is InChI=1S/C20H17NO4/c1-12-17(10-13-2-6-15(22)7-3-13)18(24)11-19(25)20(12)21-14-4-8-16(23)9-5-14/h2-9,11,22-24H,10H2,1H3. The summed E-state index contributed by atoms with van der Waals surface area (Å²) in [5.41, 5.74) is 2.91. The lowest BCUT2D eigenvalue weighted by atomic mass is 9.90. The van der Waals surface area contributed by atoms with Gasteiger partial charge in [-0.1, -0.05) is 12.1 Å². The normalized spacial score (nSPS) is 16.3. The van der Waals surface area contributed by atoms with Crippen LogP contribution in [-0.2, 0) is 11.2 Å². The van der Waals surface area contributed by atoms with Crippen LogP contribution in [0.25, 0.3) is 0 Å². The van der Waals surface area contributed by atoms with E-state index in [1.54, 1.807) is 43.3 Å². The fraction of sp³-hybridized carbons (Fsp3) is 0.100. The predicted molar refractivity (Wildman–Crippen MR) is 95.4 cm³/mol. The number of hydrogen-bond donors (Lipinski definition) is 3. The van der Waals surface area contributed by atoms with Gasteiger partial charge in [0.25, 0.3) is 0 Å². The number of aliphatic imine (C=N–C) groups is 1. The van der Waals surface area contributed by atoms with E-state index in [9.17, 15) is 20.1 Å². The van der Waals surface area contributed by atoms with Gasteiger partial charge in [-0.15, -0.1) is 0 Å². The zero-order valence-electron chi connectivity index (χ0n) is 13.6. The topological polar surface area (TPSA) is 90.1 Å². The molecule has 0 fully saturated rings. The lowest BCUT2D eigenvalue weighted by molar-refractivity contribution is -0.109. The van der Waals surface area contributed by atoms with Crippen LogP contribution < -0.4 is 0 Å². The molecule has 0 bridgehead atoms. The fourth-order valence-corrected chi connectivity index (χ4v) is 2.64. The smallest absolute Gasteiger partial charge is 0.208 e. The van der Waals surface area contributed by atoms with Crippen molar-refractivity contribution in [1.82, 2.24) is 0 Å². The highest BCUT2D eigenvalue weighted by Gasteiger charge is 2.24. The van der Waals surface area contributed by atoms with Crippen LogP contribution in [0.1, 0.15) is 12.5 Å². The molecule has 0 saturated carbocycles. The van der Waals surface area contributed by atoms with Gasteiger partial charge in [0, 0.05) is 18.1 Å². The lowest BCUT2D eigenvalue weighted by Crippen LogP contribution is -2.21. The van der Waals surface area contributed by atoms with Crippen LogP contribution in [0.5, 0.6) is 11.5 Å². The Kier molecular flexibility index (Phi) is 4.39. The minimum Gasteiger partial charge on any atom is -0.508 e. The van der Waals surface area contributed by atoms with E-state index >= 15 is 0 Å². The largest absolute Gasteiger partial charge is 0.508 e. The van der Waals surface area contributed by atoms with E-state index in [0.717, 1.165) is 5.56 Å². The van der Waals surface area contributed by atoms with Crippen molar-refractivity contribution in [2.75, 3.05) is 0 Å². The molecule has 0 radical (unpaired) electrons. The molecule has 5 heteroatoms. The van der Waals surface area contributed by atoms with E-state index in [1.807, 2.05) is 0 Å². The number of benzene rings is 2. The third-order valence-corrected chi connectivity index (χ3v) is 4.03. The highest BCUT2D eigenvalue weighted by Crippen LogP contribution is 2.27. The maximum Gasteiger partial charge on any atom is 0.208 e. The van der Waals surface area contributed by atoms with E-state index in [-0.39, 0.29) is 28.8 Å². The molecule has 0 aliphatic heterocycles. The SMILES string of the molecule is CC1=C(Cc2ccc(O)cc2)C(O)=CC(=O)C1=Nc1ccc(O)cc1. The number of allylic oxidation sites excluding steroid dienone is 3. The van der Waals surface area contributed by atoms with Crippen LogP contribution in [0, 0.1) is 0 Å². The Balaban J connectivity index is 1.98. The van der Waals surface area contributed by atoms with Crippen LogP contribution in [0.4, 0.5) is 5.69 Å². The summed E-state index contributed by atoms with van der Waals surface area (Å²) in [6.45, 7) is 1.75. The van der Waals surface area contributed by atoms with Crippen molar-refractivity contribution in [1.29, 1.82) is 0 Å². The molecule has 2 aromatic carbocycles.